The lowest BCUT2D eigenvalue weighted by atomic mass is 10.1. The van der Waals surface area contributed by atoms with Gasteiger partial charge in [0.2, 0.25) is 5.91 Å². The molecule has 102 valence electrons. The molecule has 0 aliphatic carbocycles. The predicted octanol–water partition coefficient (Wildman–Crippen LogP) is -0.755. The summed E-state index contributed by atoms with van der Waals surface area (Å²) in [4.78, 5) is 23.1. The fourth-order valence-electron chi connectivity index (χ4n) is 1.81. The van der Waals surface area contributed by atoms with Gasteiger partial charge in [0, 0.05) is 12.6 Å². The summed E-state index contributed by atoms with van der Waals surface area (Å²) in [5, 5.41) is 11.9. The molecule has 0 aromatic heterocycles. The second-order valence-corrected chi connectivity index (χ2v) is 4.14. The normalized spacial score (nSPS) is 21.7. The van der Waals surface area contributed by atoms with Crippen molar-refractivity contribution in [2.75, 3.05) is 19.1 Å². The zero-order chi connectivity index (χ0) is 13.8. The van der Waals surface area contributed by atoms with E-state index in [4.69, 9.17) is 4.74 Å². The molecule has 1 aliphatic rings. The molecule has 1 aromatic rings. The highest BCUT2D eigenvalue weighted by Gasteiger charge is 2.39. The van der Waals surface area contributed by atoms with Crippen molar-refractivity contribution in [3.05, 3.63) is 24.3 Å². The lowest BCUT2D eigenvalue weighted by Crippen LogP contribution is -2.41. The Bertz CT molecular complexity index is 492. The Morgan fingerprint density at radius 1 is 1.53 bits per heavy atom. The van der Waals surface area contributed by atoms with Gasteiger partial charge in [0.1, 0.15) is 11.7 Å². The molecule has 2 unspecified atom stereocenters. The maximum Gasteiger partial charge on any atom is 0.253 e. The van der Waals surface area contributed by atoms with Crippen molar-refractivity contribution in [3.8, 4) is 5.75 Å². The molecule has 1 saturated heterocycles. The van der Waals surface area contributed by atoms with Crippen LogP contribution in [0.25, 0.3) is 0 Å². The van der Waals surface area contributed by atoms with E-state index in [2.05, 4.69) is 16.2 Å². The van der Waals surface area contributed by atoms with Crippen LogP contribution in [0.3, 0.4) is 0 Å². The number of benzene rings is 1. The van der Waals surface area contributed by atoms with Crippen molar-refractivity contribution >= 4 is 17.5 Å². The molecule has 1 heterocycles. The number of aliphatic hydroxyl groups is 1. The number of hydrogen-bond acceptors (Lipinski definition) is 5. The average molecular weight is 265 g/mol. The molecule has 2 rings (SSSR count). The van der Waals surface area contributed by atoms with Crippen LogP contribution in [-0.4, -0.2) is 36.7 Å². The fourth-order valence-corrected chi connectivity index (χ4v) is 1.81. The van der Waals surface area contributed by atoms with E-state index in [1.54, 1.807) is 24.3 Å². The van der Waals surface area contributed by atoms with Crippen LogP contribution >= 0.6 is 0 Å². The van der Waals surface area contributed by atoms with Gasteiger partial charge in [-0.3, -0.25) is 20.4 Å². The van der Waals surface area contributed by atoms with Crippen LogP contribution in [0.15, 0.2) is 24.3 Å². The van der Waals surface area contributed by atoms with Crippen molar-refractivity contribution in [1.29, 1.82) is 0 Å². The highest BCUT2D eigenvalue weighted by molar-refractivity contribution is 6.02. The maximum absolute atomic E-state index is 11.8. The quantitative estimate of drug-likeness (QED) is 0.424. The van der Waals surface area contributed by atoms with E-state index in [0.717, 1.165) is 0 Å². The molecule has 7 nitrogen and oxygen atoms in total. The Morgan fingerprint density at radius 3 is 2.95 bits per heavy atom. The topological polar surface area (TPSA) is 99.7 Å². The van der Waals surface area contributed by atoms with E-state index in [-0.39, 0.29) is 6.54 Å². The number of anilines is 1. The Hall–Kier alpha value is -2.28. The standard InChI is InChI=1S/C12H15N3O4/c1-19-8-4-2-3-7(5-8)14-15-12(18)10-9(16)6-13-11(10)17/h2-5,9-10,14,16H,6H2,1H3,(H,13,17)(H,15,18). The molecule has 1 fully saturated rings. The smallest absolute Gasteiger partial charge is 0.253 e. The summed E-state index contributed by atoms with van der Waals surface area (Å²) < 4.78 is 5.04. The largest absolute Gasteiger partial charge is 0.497 e. The first-order valence-electron chi connectivity index (χ1n) is 5.77. The minimum Gasteiger partial charge on any atom is -0.497 e. The molecule has 0 saturated carbocycles. The summed E-state index contributed by atoms with van der Waals surface area (Å²) in [5.74, 6) is -1.50. The van der Waals surface area contributed by atoms with Gasteiger partial charge < -0.3 is 15.2 Å². The summed E-state index contributed by atoms with van der Waals surface area (Å²) in [5.41, 5.74) is 5.67. The van der Waals surface area contributed by atoms with Gasteiger partial charge in [-0.05, 0) is 12.1 Å². The molecule has 0 bridgehead atoms. The second-order valence-electron chi connectivity index (χ2n) is 4.14. The molecule has 0 spiro atoms. The highest BCUT2D eigenvalue weighted by atomic mass is 16.5. The Balaban J connectivity index is 1.94. The number of carbonyl (C=O) groups is 2. The van der Waals surface area contributed by atoms with Gasteiger partial charge in [-0.1, -0.05) is 6.07 Å². The number of hydrazine groups is 1. The second kappa shape index (κ2) is 5.57. The molecule has 0 radical (unpaired) electrons. The number of amides is 2. The summed E-state index contributed by atoms with van der Waals surface area (Å²) in [6.45, 7) is 0.0933. The molecule has 1 aromatic carbocycles. The van der Waals surface area contributed by atoms with Crippen molar-refractivity contribution in [1.82, 2.24) is 10.7 Å². The molecule has 19 heavy (non-hydrogen) atoms. The summed E-state index contributed by atoms with van der Waals surface area (Å²) >= 11 is 0. The van der Waals surface area contributed by atoms with Crippen molar-refractivity contribution in [2.24, 2.45) is 5.92 Å². The molecule has 2 amide bonds. The molecular weight excluding hydrogens is 250 g/mol. The van der Waals surface area contributed by atoms with E-state index in [1.807, 2.05) is 0 Å². The summed E-state index contributed by atoms with van der Waals surface area (Å²) in [7, 11) is 1.54. The van der Waals surface area contributed by atoms with Crippen LogP contribution in [0.5, 0.6) is 5.75 Å². The minimum atomic E-state index is -1.09. The third-order valence-corrected chi connectivity index (χ3v) is 2.83. The monoisotopic (exact) mass is 265 g/mol. The first kappa shape index (κ1) is 13.2. The Morgan fingerprint density at radius 2 is 2.32 bits per heavy atom. The zero-order valence-electron chi connectivity index (χ0n) is 10.3. The van der Waals surface area contributed by atoms with Crippen molar-refractivity contribution in [3.63, 3.8) is 0 Å². The first-order chi connectivity index (χ1) is 9.11. The van der Waals surface area contributed by atoms with Crippen molar-refractivity contribution in [2.45, 2.75) is 6.10 Å². The lowest BCUT2D eigenvalue weighted by molar-refractivity contribution is -0.135. The van der Waals surface area contributed by atoms with Crippen LogP contribution in [-0.2, 0) is 9.59 Å². The third kappa shape index (κ3) is 2.94. The van der Waals surface area contributed by atoms with Crippen molar-refractivity contribution < 1.29 is 19.4 Å². The first-order valence-corrected chi connectivity index (χ1v) is 5.77. The van der Waals surface area contributed by atoms with Crippen LogP contribution < -0.4 is 20.9 Å². The van der Waals surface area contributed by atoms with Gasteiger partial charge in [-0.15, -0.1) is 0 Å². The van der Waals surface area contributed by atoms with Crippen LogP contribution in [0.2, 0.25) is 0 Å². The number of aliphatic hydroxyl groups excluding tert-OH is 1. The number of carbonyl (C=O) groups excluding carboxylic acids is 2. The average Bonchev–Trinajstić information content (AvgIpc) is 2.76. The molecule has 1 aliphatic heterocycles. The van der Waals surface area contributed by atoms with Gasteiger partial charge in [-0.25, -0.2) is 0 Å². The fraction of sp³-hybridized carbons (Fsp3) is 0.333. The minimum absolute atomic E-state index is 0.0933. The number of methoxy groups -OCH3 is 1. The van der Waals surface area contributed by atoms with Gasteiger partial charge in [0.25, 0.3) is 5.91 Å². The number of ether oxygens (including phenoxy) is 1. The van der Waals surface area contributed by atoms with Gasteiger partial charge in [-0.2, -0.15) is 0 Å². The van der Waals surface area contributed by atoms with E-state index in [1.165, 1.54) is 7.11 Å². The Kier molecular flexibility index (Phi) is 3.86. The summed E-state index contributed by atoms with van der Waals surface area (Å²) in [6.07, 6.45) is -1.00. The number of nitrogens with one attached hydrogen (secondary N) is 3. The highest BCUT2D eigenvalue weighted by Crippen LogP contribution is 2.16. The van der Waals surface area contributed by atoms with E-state index >= 15 is 0 Å². The van der Waals surface area contributed by atoms with E-state index in [0.29, 0.717) is 11.4 Å². The summed E-state index contributed by atoms with van der Waals surface area (Å²) in [6, 6.07) is 6.94. The van der Waals surface area contributed by atoms with Crippen LogP contribution in [0.4, 0.5) is 5.69 Å². The number of β-amino-alcohol motifs (C(OH)–C–C–N with tert-alkyl or cyclic N) is 1. The number of hydrogen-bond donors (Lipinski definition) is 4. The van der Waals surface area contributed by atoms with Gasteiger partial charge in [0.15, 0.2) is 0 Å². The number of rotatable bonds is 4. The Labute approximate surface area is 109 Å². The molecule has 2 atom stereocenters. The lowest BCUT2D eigenvalue weighted by Gasteiger charge is -2.13. The third-order valence-electron chi connectivity index (χ3n) is 2.83. The van der Waals surface area contributed by atoms with Gasteiger partial charge >= 0.3 is 0 Å². The predicted molar refractivity (Wildman–Crippen MR) is 67.3 cm³/mol. The van der Waals surface area contributed by atoms with Crippen LogP contribution in [0, 0.1) is 5.92 Å². The van der Waals surface area contributed by atoms with E-state index < -0.39 is 23.8 Å². The zero-order valence-corrected chi connectivity index (χ0v) is 10.3. The molecule has 7 heteroatoms. The molecular formula is C12H15N3O4. The van der Waals surface area contributed by atoms with Gasteiger partial charge in [0.05, 0.1) is 18.9 Å². The molecule has 4 N–H and O–H groups in total. The van der Waals surface area contributed by atoms with E-state index in [9.17, 15) is 14.7 Å². The SMILES string of the molecule is COc1cccc(NNC(=O)C2C(=O)NCC2O)c1. The van der Waals surface area contributed by atoms with Crippen LogP contribution in [0.1, 0.15) is 0 Å². The maximum atomic E-state index is 11.8.